The highest BCUT2D eigenvalue weighted by Gasteiger charge is 2.34. The predicted octanol–water partition coefficient (Wildman–Crippen LogP) is 0.605. The van der Waals surface area contributed by atoms with Crippen molar-refractivity contribution in [3.05, 3.63) is 0 Å². The number of nitrogens with zero attached hydrogens (tertiary/aromatic N) is 1. The molecule has 0 atom stereocenters. The van der Waals surface area contributed by atoms with Crippen LogP contribution in [-0.4, -0.2) is 34.6 Å². The average Bonchev–Trinajstić information content (AvgIpc) is 2.29. The van der Waals surface area contributed by atoms with Crippen LogP contribution in [0.5, 0.6) is 0 Å². The van der Waals surface area contributed by atoms with E-state index in [1.54, 1.807) is 14.1 Å². The van der Waals surface area contributed by atoms with E-state index in [1.165, 1.54) is 4.90 Å². The van der Waals surface area contributed by atoms with Crippen molar-refractivity contribution in [3.63, 3.8) is 0 Å². The van der Waals surface area contributed by atoms with E-state index < -0.39 is 15.2 Å². The van der Waals surface area contributed by atoms with E-state index in [-0.39, 0.29) is 4.32 Å². The van der Waals surface area contributed by atoms with Crippen molar-refractivity contribution in [2.75, 3.05) is 14.1 Å². The van der Waals surface area contributed by atoms with Gasteiger partial charge in [0.05, 0.1) is 0 Å². The third kappa shape index (κ3) is 3.24. The molecule has 0 aliphatic carbocycles. The molecule has 92 valence electrons. The Bertz CT molecular complexity index is 536. The first-order valence-corrected chi connectivity index (χ1v) is 10.1. The van der Waals surface area contributed by atoms with Crippen molar-refractivity contribution in [1.29, 1.82) is 0 Å². The smallest absolute Gasteiger partial charge is 0.185 e. The molecule has 0 rings (SSSR count). The summed E-state index contributed by atoms with van der Waals surface area (Å²) in [6, 6.07) is 0. The number of carbonyl (C=O) groups excluding carboxylic acids is 2. The SMILES string of the molecule is C#CC#CS(C=O)(C=O)S(=S)(=S)C(=S)N(C)C. The number of rotatable bonds is 3. The van der Waals surface area contributed by atoms with E-state index in [4.69, 9.17) is 41.0 Å². The second-order valence-electron chi connectivity index (χ2n) is 2.83. The van der Waals surface area contributed by atoms with Gasteiger partial charge in [0.2, 0.25) is 0 Å². The fourth-order valence-electron chi connectivity index (χ4n) is 0.680. The molecule has 0 unspecified atom stereocenters. The molecule has 0 spiro atoms. The lowest BCUT2D eigenvalue weighted by Gasteiger charge is -2.29. The van der Waals surface area contributed by atoms with Gasteiger partial charge < -0.3 is 4.90 Å². The average molecular weight is 324 g/mol. The van der Waals surface area contributed by atoms with Crippen LogP contribution < -0.4 is 0 Å². The largest absolute Gasteiger partial charge is 0.363 e. The summed E-state index contributed by atoms with van der Waals surface area (Å²) in [5, 5.41) is 2.43. The molecule has 0 aliphatic rings. The molecule has 0 amide bonds. The van der Waals surface area contributed by atoms with E-state index in [1.807, 2.05) is 5.92 Å². The zero-order chi connectivity index (χ0) is 13.7. The van der Waals surface area contributed by atoms with Gasteiger partial charge in [-0.1, -0.05) is 12.2 Å². The van der Waals surface area contributed by atoms with E-state index in [2.05, 4.69) is 11.2 Å². The summed E-state index contributed by atoms with van der Waals surface area (Å²) < 4.78 is 0.211. The molecule has 0 bridgehead atoms. The topological polar surface area (TPSA) is 37.4 Å². The highest BCUT2D eigenvalue weighted by molar-refractivity contribution is 9.22. The Balaban J connectivity index is 6.00. The quantitative estimate of drug-likeness (QED) is 0.328. The van der Waals surface area contributed by atoms with Gasteiger partial charge in [-0.15, -0.1) is 6.42 Å². The second kappa shape index (κ2) is 6.43. The lowest BCUT2D eigenvalue weighted by Crippen LogP contribution is -2.30. The van der Waals surface area contributed by atoms with E-state index in [0.717, 1.165) is 0 Å². The molecular formula is C9H9NO2S5. The van der Waals surface area contributed by atoms with Gasteiger partial charge in [-0.3, -0.25) is 9.59 Å². The number of thiocarbonyl (C=S) groups is 1. The molecule has 0 heterocycles. The van der Waals surface area contributed by atoms with Gasteiger partial charge in [0.25, 0.3) is 0 Å². The molecule has 0 aromatic carbocycles. The normalized spacial score (nSPS) is 11.4. The van der Waals surface area contributed by atoms with Crippen LogP contribution in [-0.2, 0) is 38.1 Å². The fraction of sp³-hybridized carbons (Fsp3) is 0.222. The predicted molar refractivity (Wildman–Crippen MR) is 86.1 cm³/mol. The molecule has 3 nitrogen and oxygen atoms in total. The van der Waals surface area contributed by atoms with Crippen molar-refractivity contribution >= 4 is 65.4 Å². The van der Waals surface area contributed by atoms with Crippen molar-refractivity contribution in [2.24, 2.45) is 0 Å². The minimum absolute atomic E-state index is 0.211. The molecule has 0 N–H and O–H groups in total. The van der Waals surface area contributed by atoms with Crippen LogP contribution in [0.2, 0.25) is 0 Å². The van der Waals surface area contributed by atoms with Gasteiger partial charge in [0.15, 0.2) is 15.6 Å². The van der Waals surface area contributed by atoms with Crippen LogP contribution >= 0.6 is 21.3 Å². The standard InChI is InChI=1S/C9H9NO2S5/c1-4-5-6-16(7-11,8-12)17(14,15)9(13)10(2)3/h1,7-8H,2-3H3. The maximum absolute atomic E-state index is 11.2. The number of hydrogen-bond acceptors (Lipinski definition) is 5. The molecule has 8 heteroatoms. The highest BCUT2D eigenvalue weighted by Crippen LogP contribution is 2.49. The van der Waals surface area contributed by atoms with E-state index >= 15 is 0 Å². The number of carbonyl (C=O) groups is 2. The third-order valence-electron chi connectivity index (χ3n) is 1.51. The van der Waals surface area contributed by atoms with Crippen LogP contribution in [0, 0.1) is 23.5 Å². The number of hydrogen-bond donors (Lipinski definition) is 0. The monoisotopic (exact) mass is 323 g/mol. The molecule has 0 aromatic rings. The van der Waals surface area contributed by atoms with Crippen molar-refractivity contribution in [3.8, 4) is 23.5 Å². The van der Waals surface area contributed by atoms with Gasteiger partial charge in [-0.25, -0.2) is 0 Å². The molecule has 0 aromatic heterocycles. The van der Waals surface area contributed by atoms with Crippen molar-refractivity contribution < 1.29 is 9.59 Å². The van der Waals surface area contributed by atoms with Gasteiger partial charge in [0, 0.05) is 29.3 Å². The van der Waals surface area contributed by atoms with Crippen molar-refractivity contribution in [1.82, 2.24) is 4.90 Å². The highest BCUT2D eigenvalue weighted by atomic mass is 33.5. The molecule has 0 radical (unpaired) electrons. The zero-order valence-electron chi connectivity index (χ0n) is 9.04. The molecule has 0 fully saturated rings. The Labute approximate surface area is 117 Å². The first-order valence-electron chi connectivity index (χ1n) is 3.96. The molecule has 17 heavy (non-hydrogen) atoms. The molecule has 0 aliphatic heterocycles. The minimum atomic E-state index is -2.79. The lowest BCUT2D eigenvalue weighted by molar-refractivity contribution is 0.566. The minimum Gasteiger partial charge on any atom is -0.363 e. The molecule has 0 saturated carbocycles. The van der Waals surface area contributed by atoms with Crippen LogP contribution in [0.25, 0.3) is 0 Å². The summed E-state index contributed by atoms with van der Waals surface area (Å²) in [6.45, 7) is 0. The van der Waals surface area contributed by atoms with Gasteiger partial charge in [-0.05, 0) is 39.5 Å². The summed E-state index contributed by atoms with van der Waals surface area (Å²) in [6.07, 6.45) is 2.35. The summed E-state index contributed by atoms with van der Waals surface area (Å²) in [5.74, 6) is 4.29. The Morgan fingerprint density at radius 3 is 2.06 bits per heavy atom. The van der Waals surface area contributed by atoms with E-state index in [0.29, 0.717) is 11.2 Å². The first kappa shape index (κ1) is 16.5. The van der Waals surface area contributed by atoms with Crippen LogP contribution in [0.15, 0.2) is 0 Å². The molecule has 0 saturated heterocycles. The van der Waals surface area contributed by atoms with Gasteiger partial charge in [-0.2, -0.15) is 0 Å². The zero-order valence-corrected chi connectivity index (χ0v) is 13.1. The van der Waals surface area contributed by atoms with Gasteiger partial charge >= 0.3 is 0 Å². The summed E-state index contributed by atoms with van der Waals surface area (Å²) in [4.78, 5) is 23.9. The molecular weight excluding hydrogens is 314 g/mol. The summed E-state index contributed by atoms with van der Waals surface area (Å²) >= 11 is 15.5. The Kier molecular flexibility index (Phi) is 6.24. The van der Waals surface area contributed by atoms with Crippen LogP contribution in [0.1, 0.15) is 0 Å². The van der Waals surface area contributed by atoms with Gasteiger partial charge in [0.1, 0.15) is 0 Å². The second-order valence-corrected chi connectivity index (χ2v) is 14.7. The number of terminal acetylenes is 1. The van der Waals surface area contributed by atoms with E-state index in [9.17, 15) is 9.59 Å². The van der Waals surface area contributed by atoms with Crippen LogP contribution in [0.3, 0.4) is 0 Å². The summed E-state index contributed by atoms with van der Waals surface area (Å²) in [7, 11) is 0.508. The maximum Gasteiger partial charge on any atom is 0.185 e. The maximum atomic E-state index is 11.2. The Morgan fingerprint density at radius 2 is 1.76 bits per heavy atom. The summed E-state index contributed by atoms with van der Waals surface area (Å²) in [5.41, 5.74) is 0.824. The Hall–Kier alpha value is -0.510. The van der Waals surface area contributed by atoms with Crippen LogP contribution in [0.4, 0.5) is 0 Å². The fourth-order valence-corrected chi connectivity index (χ4v) is 7.94. The third-order valence-corrected chi connectivity index (χ3v) is 14.5. The van der Waals surface area contributed by atoms with Crippen molar-refractivity contribution in [2.45, 2.75) is 0 Å². The Morgan fingerprint density at radius 1 is 1.29 bits per heavy atom. The first-order chi connectivity index (χ1) is 7.79. The lowest BCUT2D eigenvalue weighted by atomic mass is 10.7.